The number of amides is 1. The van der Waals surface area contributed by atoms with Crippen LogP contribution in [-0.2, 0) is 9.59 Å². The standard InChI is InChI=1S/C14H23NO3/c1-9(10-5-2-3-6-10)15-13(16)11-7-4-8-12(11)14(17)18/h9-12H,2-8H2,1H3,(H,15,16)(H,17,18)/t9-,11?,12?/m0/s1. The molecule has 0 aromatic rings. The molecule has 1 amide bonds. The van der Waals surface area contributed by atoms with Crippen LogP contribution in [0.5, 0.6) is 0 Å². The molecule has 0 bridgehead atoms. The molecule has 0 aromatic carbocycles. The number of carboxylic acids is 1. The molecule has 0 aromatic heterocycles. The van der Waals surface area contributed by atoms with Crippen LogP contribution in [0.4, 0.5) is 0 Å². The first kappa shape index (κ1) is 13.4. The van der Waals surface area contributed by atoms with Crippen LogP contribution >= 0.6 is 0 Å². The maximum Gasteiger partial charge on any atom is 0.307 e. The third-order valence-electron chi connectivity index (χ3n) is 4.65. The summed E-state index contributed by atoms with van der Waals surface area (Å²) in [5.74, 6) is -1.06. The first-order valence-electron chi connectivity index (χ1n) is 7.12. The number of nitrogens with one attached hydrogen (secondary N) is 1. The number of hydrogen-bond donors (Lipinski definition) is 2. The Morgan fingerprint density at radius 3 is 2.28 bits per heavy atom. The van der Waals surface area contributed by atoms with E-state index >= 15 is 0 Å². The zero-order valence-corrected chi connectivity index (χ0v) is 11.0. The van der Waals surface area contributed by atoms with Gasteiger partial charge >= 0.3 is 5.97 Å². The molecule has 0 radical (unpaired) electrons. The molecule has 0 heterocycles. The molecule has 0 spiro atoms. The van der Waals surface area contributed by atoms with Crippen LogP contribution in [0.1, 0.15) is 51.9 Å². The Morgan fingerprint density at radius 2 is 1.67 bits per heavy atom. The van der Waals surface area contributed by atoms with Crippen molar-refractivity contribution in [1.29, 1.82) is 0 Å². The van der Waals surface area contributed by atoms with Gasteiger partial charge < -0.3 is 10.4 Å². The van der Waals surface area contributed by atoms with Gasteiger partial charge in [0.1, 0.15) is 0 Å². The topological polar surface area (TPSA) is 66.4 Å². The molecule has 4 nitrogen and oxygen atoms in total. The maximum atomic E-state index is 12.2. The van der Waals surface area contributed by atoms with Crippen molar-refractivity contribution in [2.24, 2.45) is 17.8 Å². The van der Waals surface area contributed by atoms with Crippen LogP contribution < -0.4 is 5.32 Å². The van der Waals surface area contributed by atoms with E-state index in [1.165, 1.54) is 25.7 Å². The van der Waals surface area contributed by atoms with Crippen LogP contribution in [0, 0.1) is 17.8 Å². The predicted molar refractivity (Wildman–Crippen MR) is 68.0 cm³/mol. The highest BCUT2D eigenvalue weighted by atomic mass is 16.4. The van der Waals surface area contributed by atoms with Crippen molar-refractivity contribution in [2.45, 2.75) is 57.9 Å². The molecule has 4 heteroatoms. The lowest BCUT2D eigenvalue weighted by Gasteiger charge is -2.23. The van der Waals surface area contributed by atoms with Gasteiger partial charge in [-0.25, -0.2) is 0 Å². The lowest BCUT2D eigenvalue weighted by molar-refractivity contribution is -0.146. The summed E-state index contributed by atoms with van der Waals surface area (Å²) in [7, 11) is 0. The van der Waals surface area contributed by atoms with Gasteiger partial charge in [0.15, 0.2) is 0 Å². The fourth-order valence-corrected chi connectivity index (χ4v) is 3.48. The molecule has 2 fully saturated rings. The van der Waals surface area contributed by atoms with Crippen LogP contribution in [0.25, 0.3) is 0 Å². The van der Waals surface area contributed by atoms with Crippen molar-refractivity contribution < 1.29 is 14.7 Å². The van der Waals surface area contributed by atoms with Gasteiger partial charge in [-0.1, -0.05) is 19.3 Å². The van der Waals surface area contributed by atoms with Gasteiger partial charge in [-0.2, -0.15) is 0 Å². The Labute approximate surface area is 108 Å². The summed E-state index contributed by atoms with van der Waals surface area (Å²) < 4.78 is 0. The Bertz CT molecular complexity index is 323. The zero-order valence-electron chi connectivity index (χ0n) is 11.0. The van der Waals surface area contributed by atoms with Crippen molar-refractivity contribution in [3.63, 3.8) is 0 Å². The second kappa shape index (κ2) is 5.72. The molecular formula is C14H23NO3. The quantitative estimate of drug-likeness (QED) is 0.807. The monoisotopic (exact) mass is 253 g/mol. The first-order valence-corrected chi connectivity index (χ1v) is 7.12. The molecule has 3 atom stereocenters. The molecule has 2 aliphatic carbocycles. The maximum absolute atomic E-state index is 12.2. The molecule has 2 N–H and O–H groups in total. The molecule has 0 saturated heterocycles. The molecule has 2 rings (SSSR count). The number of carboxylic acid groups (broad SMARTS) is 1. The van der Waals surface area contributed by atoms with Gasteiger partial charge in [-0.15, -0.1) is 0 Å². The summed E-state index contributed by atoms with van der Waals surface area (Å²) in [4.78, 5) is 23.2. The molecule has 2 aliphatic rings. The van der Waals surface area contributed by atoms with Crippen molar-refractivity contribution in [1.82, 2.24) is 5.32 Å². The van der Waals surface area contributed by atoms with Crippen LogP contribution in [0.15, 0.2) is 0 Å². The van der Waals surface area contributed by atoms with E-state index in [4.69, 9.17) is 5.11 Å². The Kier molecular flexibility index (Phi) is 4.25. The normalized spacial score (nSPS) is 30.3. The lowest BCUT2D eigenvalue weighted by Crippen LogP contribution is -2.42. The van der Waals surface area contributed by atoms with Gasteiger partial charge in [-0.3, -0.25) is 9.59 Å². The van der Waals surface area contributed by atoms with E-state index < -0.39 is 11.9 Å². The third kappa shape index (κ3) is 2.85. The number of carbonyl (C=O) groups is 2. The first-order chi connectivity index (χ1) is 8.59. The summed E-state index contributed by atoms with van der Waals surface area (Å²) in [5.41, 5.74) is 0. The van der Waals surface area contributed by atoms with E-state index in [2.05, 4.69) is 12.2 Å². The Balaban J connectivity index is 1.88. The molecule has 2 unspecified atom stereocenters. The number of hydrogen-bond acceptors (Lipinski definition) is 2. The fraction of sp³-hybridized carbons (Fsp3) is 0.857. The molecule has 102 valence electrons. The van der Waals surface area contributed by atoms with Gasteiger partial charge in [-0.05, 0) is 38.5 Å². The highest BCUT2D eigenvalue weighted by Crippen LogP contribution is 2.33. The minimum Gasteiger partial charge on any atom is -0.481 e. The van der Waals surface area contributed by atoms with E-state index in [0.717, 1.165) is 12.8 Å². The molecule has 2 saturated carbocycles. The van der Waals surface area contributed by atoms with Gasteiger partial charge in [0.25, 0.3) is 0 Å². The van der Waals surface area contributed by atoms with Crippen molar-refractivity contribution >= 4 is 11.9 Å². The third-order valence-corrected chi connectivity index (χ3v) is 4.65. The fourth-order valence-electron chi connectivity index (χ4n) is 3.48. The molecule has 0 aliphatic heterocycles. The lowest BCUT2D eigenvalue weighted by atomic mass is 9.93. The van der Waals surface area contributed by atoms with Crippen molar-refractivity contribution in [3.8, 4) is 0 Å². The summed E-state index contributed by atoms with van der Waals surface area (Å²) in [6, 6.07) is 0.190. The van der Waals surface area contributed by atoms with Crippen LogP contribution in [0.2, 0.25) is 0 Å². The summed E-state index contributed by atoms with van der Waals surface area (Å²) in [6.45, 7) is 2.05. The van der Waals surface area contributed by atoms with E-state index in [1.807, 2.05) is 0 Å². The van der Waals surface area contributed by atoms with E-state index in [9.17, 15) is 9.59 Å². The van der Waals surface area contributed by atoms with Crippen molar-refractivity contribution in [3.05, 3.63) is 0 Å². The van der Waals surface area contributed by atoms with Gasteiger partial charge in [0.05, 0.1) is 11.8 Å². The van der Waals surface area contributed by atoms with Gasteiger partial charge in [0, 0.05) is 6.04 Å². The SMILES string of the molecule is C[C@H](NC(=O)C1CCCC1C(=O)O)C1CCCC1. The smallest absolute Gasteiger partial charge is 0.307 e. The van der Waals surface area contributed by atoms with Crippen molar-refractivity contribution in [2.75, 3.05) is 0 Å². The predicted octanol–water partition coefficient (Wildman–Crippen LogP) is 2.18. The summed E-state index contributed by atoms with van der Waals surface area (Å²) in [5, 5.41) is 12.1. The average Bonchev–Trinajstić information content (AvgIpc) is 3.00. The summed E-state index contributed by atoms with van der Waals surface area (Å²) in [6.07, 6.45) is 7.11. The van der Waals surface area contributed by atoms with Crippen LogP contribution in [-0.4, -0.2) is 23.0 Å². The highest BCUT2D eigenvalue weighted by Gasteiger charge is 2.38. The second-order valence-corrected chi connectivity index (χ2v) is 5.82. The zero-order chi connectivity index (χ0) is 13.1. The van der Waals surface area contributed by atoms with E-state index in [-0.39, 0.29) is 17.9 Å². The average molecular weight is 253 g/mol. The molecular weight excluding hydrogens is 230 g/mol. The Hall–Kier alpha value is -1.06. The largest absolute Gasteiger partial charge is 0.481 e. The number of rotatable bonds is 4. The number of carbonyl (C=O) groups excluding carboxylic acids is 1. The molecule has 18 heavy (non-hydrogen) atoms. The van der Waals surface area contributed by atoms with Crippen LogP contribution in [0.3, 0.4) is 0 Å². The minimum absolute atomic E-state index is 0.0423. The van der Waals surface area contributed by atoms with Gasteiger partial charge in [0.2, 0.25) is 5.91 Å². The summed E-state index contributed by atoms with van der Waals surface area (Å²) >= 11 is 0. The Morgan fingerprint density at radius 1 is 1.06 bits per heavy atom. The van der Waals surface area contributed by atoms with E-state index in [0.29, 0.717) is 12.3 Å². The minimum atomic E-state index is -0.818. The van der Waals surface area contributed by atoms with E-state index in [1.54, 1.807) is 0 Å². The second-order valence-electron chi connectivity index (χ2n) is 5.82. The highest BCUT2D eigenvalue weighted by molar-refractivity contribution is 5.85. The number of aliphatic carboxylic acids is 1.